The van der Waals surface area contributed by atoms with Crippen molar-refractivity contribution >= 4 is 47.1 Å². The summed E-state index contributed by atoms with van der Waals surface area (Å²) in [6, 6.07) is 5.81. The van der Waals surface area contributed by atoms with E-state index in [4.69, 9.17) is 10.5 Å². The molecule has 0 aromatic heterocycles. The second-order valence-electron chi connectivity index (χ2n) is 5.60. The molecule has 1 aromatic carbocycles. The molecule has 2 amide bonds. The highest BCUT2D eigenvalue weighted by molar-refractivity contribution is 8.18. The van der Waals surface area contributed by atoms with Crippen LogP contribution < -0.4 is 20.7 Å². The molecule has 3 rings (SSSR count). The molecule has 130 valence electrons. The normalized spacial score (nSPS) is 22.3. The highest BCUT2D eigenvalue weighted by atomic mass is 35.5. The number of thioether (sulfide) groups is 1. The van der Waals surface area contributed by atoms with E-state index in [1.54, 1.807) is 13.2 Å². The van der Waals surface area contributed by atoms with Gasteiger partial charge in [0.1, 0.15) is 5.75 Å². The van der Waals surface area contributed by atoms with Gasteiger partial charge in [0.15, 0.2) is 0 Å². The molecule has 0 saturated carbocycles. The minimum Gasteiger partial charge on any atom is -0.495 e. The lowest BCUT2D eigenvalue weighted by molar-refractivity contribution is -0.115. The highest BCUT2D eigenvalue weighted by Gasteiger charge is 2.27. The van der Waals surface area contributed by atoms with Gasteiger partial charge < -0.3 is 15.4 Å². The summed E-state index contributed by atoms with van der Waals surface area (Å²) >= 11 is 0.915. The number of nitrogens with zero attached hydrogens (tertiary/aromatic N) is 1. The molecule has 0 unspecified atom stereocenters. The Balaban J connectivity index is 0.00000208. The van der Waals surface area contributed by atoms with Gasteiger partial charge in [-0.05, 0) is 36.7 Å². The summed E-state index contributed by atoms with van der Waals surface area (Å²) in [4.78, 5) is 25.7. The van der Waals surface area contributed by atoms with Crippen LogP contribution in [0.4, 0.5) is 10.5 Å². The van der Waals surface area contributed by atoms with E-state index in [2.05, 4.69) is 10.2 Å². The lowest BCUT2D eigenvalue weighted by Crippen LogP contribution is -2.43. The number of nitrogens with one attached hydrogen (secondary N) is 1. The average molecular weight is 370 g/mol. The molecule has 2 aliphatic rings. The molecule has 2 saturated heterocycles. The fourth-order valence-corrected chi connectivity index (χ4v) is 3.61. The second kappa shape index (κ2) is 7.92. The number of methoxy groups -OCH3 is 1. The van der Waals surface area contributed by atoms with E-state index >= 15 is 0 Å². The standard InChI is InChI=1S/C16H19N3O3S.ClH/c1-22-12-6-2-4-10(8-13-15(20)18-16(21)23-13)14(12)19-7-3-5-11(17)9-19;/h2,4,6,8,11H,3,5,7,9,17H2,1H3,(H,18,20,21);1H/t11-;/m1./s1. The van der Waals surface area contributed by atoms with E-state index < -0.39 is 0 Å². The summed E-state index contributed by atoms with van der Waals surface area (Å²) in [5.74, 6) is 0.382. The zero-order chi connectivity index (χ0) is 16.4. The van der Waals surface area contributed by atoms with Gasteiger partial charge in [-0.25, -0.2) is 0 Å². The largest absolute Gasteiger partial charge is 0.495 e. The SMILES string of the molecule is COc1cccc(C=C2SC(=O)NC2=O)c1N1CCC[C@@H](N)C1.Cl. The molecule has 24 heavy (non-hydrogen) atoms. The fraction of sp³-hybridized carbons (Fsp3) is 0.375. The van der Waals surface area contributed by atoms with E-state index in [1.165, 1.54) is 0 Å². The number of ether oxygens (including phenoxy) is 1. The second-order valence-corrected chi connectivity index (χ2v) is 6.61. The highest BCUT2D eigenvalue weighted by Crippen LogP contribution is 2.37. The molecule has 6 nitrogen and oxygen atoms in total. The summed E-state index contributed by atoms with van der Waals surface area (Å²) in [6.07, 6.45) is 3.76. The van der Waals surface area contributed by atoms with Crippen molar-refractivity contribution in [2.45, 2.75) is 18.9 Å². The number of benzene rings is 1. The topological polar surface area (TPSA) is 84.7 Å². The Bertz CT molecular complexity index is 681. The van der Waals surface area contributed by atoms with Crippen LogP contribution in [0.15, 0.2) is 23.1 Å². The minimum absolute atomic E-state index is 0. The van der Waals surface area contributed by atoms with Crippen molar-refractivity contribution in [3.05, 3.63) is 28.7 Å². The van der Waals surface area contributed by atoms with Crippen molar-refractivity contribution in [1.82, 2.24) is 5.32 Å². The van der Waals surface area contributed by atoms with Gasteiger partial charge in [0.2, 0.25) is 0 Å². The van der Waals surface area contributed by atoms with Gasteiger partial charge in [0.05, 0.1) is 17.7 Å². The number of halogens is 1. The van der Waals surface area contributed by atoms with E-state index in [-0.39, 0.29) is 29.6 Å². The van der Waals surface area contributed by atoms with E-state index in [0.29, 0.717) is 4.91 Å². The molecule has 2 fully saturated rings. The number of anilines is 1. The maximum absolute atomic E-state index is 11.8. The first-order chi connectivity index (χ1) is 11.1. The number of imide groups is 1. The Labute approximate surface area is 151 Å². The maximum atomic E-state index is 11.8. The number of piperidine rings is 1. The van der Waals surface area contributed by atoms with E-state index in [9.17, 15) is 9.59 Å². The van der Waals surface area contributed by atoms with Gasteiger partial charge in [0.25, 0.3) is 11.1 Å². The summed E-state index contributed by atoms with van der Waals surface area (Å²) in [5, 5.41) is 1.93. The molecule has 1 aromatic rings. The van der Waals surface area contributed by atoms with Crippen LogP contribution >= 0.6 is 24.2 Å². The third-order valence-electron chi connectivity index (χ3n) is 3.95. The zero-order valence-corrected chi connectivity index (χ0v) is 14.9. The smallest absolute Gasteiger partial charge is 0.290 e. The first-order valence-electron chi connectivity index (χ1n) is 7.51. The summed E-state index contributed by atoms with van der Waals surface area (Å²) in [6.45, 7) is 1.64. The molecule has 0 spiro atoms. The van der Waals surface area contributed by atoms with Crippen LogP contribution in [-0.2, 0) is 4.79 Å². The Kier molecular flexibility index (Phi) is 6.15. The Hall–Kier alpha value is -1.70. The van der Waals surface area contributed by atoms with Crippen molar-refractivity contribution in [1.29, 1.82) is 0 Å². The Morgan fingerprint density at radius 2 is 2.21 bits per heavy atom. The molecular weight excluding hydrogens is 350 g/mol. The number of amides is 2. The fourth-order valence-electron chi connectivity index (χ4n) is 2.93. The quantitative estimate of drug-likeness (QED) is 0.796. The third-order valence-corrected chi connectivity index (χ3v) is 4.76. The first kappa shape index (κ1) is 18.6. The molecule has 1 atom stereocenters. The summed E-state index contributed by atoms with van der Waals surface area (Å²) in [5.41, 5.74) is 7.87. The van der Waals surface area contributed by atoms with Gasteiger partial charge in [-0.2, -0.15) is 0 Å². The predicted molar refractivity (Wildman–Crippen MR) is 98.8 cm³/mol. The lowest BCUT2D eigenvalue weighted by Gasteiger charge is -2.34. The van der Waals surface area contributed by atoms with E-state index in [1.807, 2.05) is 18.2 Å². The van der Waals surface area contributed by atoms with Crippen LogP contribution in [-0.4, -0.2) is 37.4 Å². The van der Waals surface area contributed by atoms with Gasteiger partial charge in [-0.15, -0.1) is 12.4 Å². The number of hydrogen-bond donors (Lipinski definition) is 2. The number of nitrogens with two attached hydrogens (primary N) is 1. The Morgan fingerprint density at radius 3 is 2.83 bits per heavy atom. The third kappa shape index (κ3) is 3.85. The minimum atomic E-state index is -0.357. The molecule has 3 N–H and O–H groups in total. The van der Waals surface area contributed by atoms with Crippen molar-refractivity contribution in [2.24, 2.45) is 5.73 Å². The van der Waals surface area contributed by atoms with Crippen LogP contribution in [0, 0.1) is 0 Å². The molecule has 2 aliphatic heterocycles. The molecule has 8 heteroatoms. The predicted octanol–water partition coefficient (Wildman–Crippen LogP) is 2.37. The van der Waals surface area contributed by atoms with Crippen LogP contribution in [0.2, 0.25) is 0 Å². The zero-order valence-electron chi connectivity index (χ0n) is 13.3. The van der Waals surface area contributed by atoms with Crippen molar-refractivity contribution in [3.8, 4) is 5.75 Å². The molecule has 0 bridgehead atoms. The van der Waals surface area contributed by atoms with Crippen molar-refractivity contribution < 1.29 is 14.3 Å². The average Bonchev–Trinajstić information content (AvgIpc) is 2.84. The van der Waals surface area contributed by atoms with Gasteiger partial charge in [-0.3, -0.25) is 14.9 Å². The molecule has 0 radical (unpaired) electrons. The summed E-state index contributed by atoms with van der Waals surface area (Å²) < 4.78 is 5.50. The van der Waals surface area contributed by atoms with Crippen LogP contribution in [0.5, 0.6) is 5.75 Å². The first-order valence-corrected chi connectivity index (χ1v) is 8.32. The van der Waals surface area contributed by atoms with Crippen molar-refractivity contribution in [2.75, 3.05) is 25.1 Å². The van der Waals surface area contributed by atoms with Crippen LogP contribution in [0.1, 0.15) is 18.4 Å². The maximum Gasteiger partial charge on any atom is 0.290 e. The Morgan fingerprint density at radius 1 is 1.42 bits per heavy atom. The van der Waals surface area contributed by atoms with Crippen LogP contribution in [0.3, 0.4) is 0 Å². The number of para-hydroxylation sites is 1. The lowest BCUT2D eigenvalue weighted by atomic mass is 10.0. The number of hydrogen-bond acceptors (Lipinski definition) is 6. The number of carbonyl (C=O) groups excluding carboxylic acids is 2. The molecule has 2 heterocycles. The van der Waals surface area contributed by atoms with Gasteiger partial charge in [0, 0.05) is 24.7 Å². The van der Waals surface area contributed by atoms with E-state index in [0.717, 1.165) is 54.7 Å². The number of rotatable bonds is 3. The molecule has 0 aliphatic carbocycles. The van der Waals surface area contributed by atoms with Gasteiger partial charge in [-0.1, -0.05) is 12.1 Å². The summed E-state index contributed by atoms with van der Waals surface area (Å²) in [7, 11) is 1.63. The number of carbonyl (C=O) groups is 2. The van der Waals surface area contributed by atoms with Crippen LogP contribution in [0.25, 0.3) is 6.08 Å². The van der Waals surface area contributed by atoms with Gasteiger partial charge >= 0.3 is 0 Å². The molecular formula is C16H20ClN3O3S. The van der Waals surface area contributed by atoms with Crippen molar-refractivity contribution in [3.63, 3.8) is 0 Å². The monoisotopic (exact) mass is 369 g/mol.